The zero-order chi connectivity index (χ0) is 11.4. The van der Waals surface area contributed by atoms with E-state index in [-0.39, 0.29) is 0 Å². The minimum Gasteiger partial charge on any atom is -0.387 e. The monoisotopic (exact) mass is 285 g/mol. The zero-order valence-electron chi connectivity index (χ0n) is 9.10. The molecule has 1 aromatic carbocycles. The zero-order valence-corrected chi connectivity index (χ0v) is 10.7. The van der Waals surface area contributed by atoms with Crippen LogP contribution in [-0.4, -0.2) is 42.9 Å². The molecule has 1 heterocycles. The second-order valence-corrected chi connectivity index (χ2v) is 4.90. The van der Waals surface area contributed by atoms with E-state index in [1.807, 2.05) is 24.3 Å². The Kier molecular flexibility index (Phi) is 4.35. The van der Waals surface area contributed by atoms with Gasteiger partial charge in [0, 0.05) is 24.1 Å². The Morgan fingerprint density at radius 2 is 1.88 bits per heavy atom. The Balaban J connectivity index is 1.91. The van der Waals surface area contributed by atoms with E-state index in [9.17, 15) is 5.11 Å². The van der Waals surface area contributed by atoms with Gasteiger partial charge in [0.1, 0.15) is 0 Å². The van der Waals surface area contributed by atoms with Gasteiger partial charge < -0.3 is 9.84 Å². The maximum Gasteiger partial charge on any atom is 0.0916 e. The summed E-state index contributed by atoms with van der Waals surface area (Å²) in [6.07, 6.45) is -0.411. The molecular formula is C12H16BrNO2. The molecule has 0 amide bonds. The number of ether oxygens (including phenoxy) is 1. The third-order valence-electron chi connectivity index (χ3n) is 2.79. The molecule has 16 heavy (non-hydrogen) atoms. The standard InChI is InChI=1S/C12H16BrNO2/c13-11-3-1-10(2-4-11)12(15)9-14-5-7-16-8-6-14/h1-4,12,15H,5-9H2. The highest BCUT2D eigenvalue weighted by Gasteiger charge is 2.15. The van der Waals surface area contributed by atoms with Crippen molar-refractivity contribution in [3.05, 3.63) is 34.3 Å². The minimum absolute atomic E-state index is 0.411. The maximum atomic E-state index is 10.1. The van der Waals surface area contributed by atoms with E-state index in [4.69, 9.17) is 4.74 Å². The van der Waals surface area contributed by atoms with Crippen molar-refractivity contribution in [3.63, 3.8) is 0 Å². The maximum absolute atomic E-state index is 10.1. The first-order chi connectivity index (χ1) is 7.75. The van der Waals surface area contributed by atoms with E-state index in [1.54, 1.807) is 0 Å². The average molecular weight is 286 g/mol. The molecule has 3 nitrogen and oxygen atoms in total. The van der Waals surface area contributed by atoms with Crippen LogP contribution in [0.15, 0.2) is 28.7 Å². The topological polar surface area (TPSA) is 32.7 Å². The first-order valence-corrected chi connectivity index (χ1v) is 6.28. The summed E-state index contributed by atoms with van der Waals surface area (Å²) in [6, 6.07) is 7.82. The van der Waals surface area contributed by atoms with Crippen molar-refractivity contribution in [2.75, 3.05) is 32.8 Å². The molecule has 1 unspecified atom stereocenters. The molecule has 1 aliphatic heterocycles. The second-order valence-electron chi connectivity index (χ2n) is 3.98. The van der Waals surface area contributed by atoms with Crippen molar-refractivity contribution in [3.8, 4) is 0 Å². The molecule has 0 saturated carbocycles. The van der Waals surface area contributed by atoms with Gasteiger partial charge in [-0.15, -0.1) is 0 Å². The van der Waals surface area contributed by atoms with E-state index >= 15 is 0 Å². The van der Waals surface area contributed by atoms with Crippen LogP contribution in [0.1, 0.15) is 11.7 Å². The number of rotatable bonds is 3. The third-order valence-corrected chi connectivity index (χ3v) is 3.32. The molecule has 1 fully saturated rings. The fraction of sp³-hybridized carbons (Fsp3) is 0.500. The Morgan fingerprint density at radius 1 is 1.25 bits per heavy atom. The van der Waals surface area contributed by atoms with Crippen molar-refractivity contribution >= 4 is 15.9 Å². The fourth-order valence-corrected chi connectivity index (χ4v) is 2.08. The van der Waals surface area contributed by atoms with Crippen LogP contribution in [0.25, 0.3) is 0 Å². The smallest absolute Gasteiger partial charge is 0.0916 e. The van der Waals surface area contributed by atoms with Crippen LogP contribution >= 0.6 is 15.9 Å². The lowest BCUT2D eigenvalue weighted by Crippen LogP contribution is -2.38. The normalized spacial score (nSPS) is 19.6. The summed E-state index contributed by atoms with van der Waals surface area (Å²) in [6.45, 7) is 4.05. The van der Waals surface area contributed by atoms with Gasteiger partial charge in [0.2, 0.25) is 0 Å². The molecular weight excluding hydrogens is 270 g/mol. The van der Waals surface area contributed by atoms with Gasteiger partial charge in [-0.05, 0) is 17.7 Å². The van der Waals surface area contributed by atoms with Gasteiger partial charge in [0.05, 0.1) is 19.3 Å². The SMILES string of the molecule is OC(CN1CCOCC1)c1ccc(Br)cc1. The molecule has 4 heteroatoms. The van der Waals surface area contributed by atoms with Gasteiger partial charge in [-0.25, -0.2) is 0 Å². The van der Waals surface area contributed by atoms with Crippen LogP contribution in [-0.2, 0) is 4.74 Å². The number of aliphatic hydroxyl groups excluding tert-OH is 1. The molecule has 2 rings (SSSR count). The largest absolute Gasteiger partial charge is 0.387 e. The third kappa shape index (κ3) is 3.28. The van der Waals surface area contributed by atoms with Gasteiger partial charge in [-0.3, -0.25) is 4.90 Å². The lowest BCUT2D eigenvalue weighted by Gasteiger charge is -2.28. The van der Waals surface area contributed by atoms with Crippen molar-refractivity contribution in [2.45, 2.75) is 6.10 Å². The van der Waals surface area contributed by atoms with Crippen LogP contribution in [0.5, 0.6) is 0 Å². The summed E-state index contributed by atoms with van der Waals surface area (Å²) in [7, 11) is 0. The Bertz CT molecular complexity index is 322. The van der Waals surface area contributed by atoms with Gasteiger partial charge in [-0.1, -0.05) is 28.1 Å². The molecule has 88 valence electrons. The molecule has 0 radical (unpaired) electrons. The number of β-amino-alcohol motifs (C(OH)–C–C–N with tert-alkyl or cyclic N) is 1. The first-order valence-electron chi connectivity index (χ1n) is 5.49. The number of hydrogen-bond donors (Lipinski definition) is 1. The minimum atomic E-state index is -0.411. The van der Waals surface area contributed by atoms with Crippen molar-refractivity contribution in [2.24, 2.45) is 0 Å². The van der Waals surface area contributed by atoms with E-state index in [2.05, 4.69) is 20.8 Å². The number of aliphatic hydroxyl groups is 1. The van der Waals surface area contributed by atoms with Crippen LogP contribution in [0.3, 0.4) is 0 Å². The highest BCUT2D eigenvalue weighted by Crippen LogP contribution is 2.18. The Hall–Kier alpha value is -0.420. The van der Waals surface area contributed by atoms with Gasteiger partial charge in [0.15, 0.2) is 0 Å². The molecule has 0 bridgehead atoms. The first kappa shape index (κ1) is 12.0. The number of halogens is 1. The summed E-state index contributed by atoms with van der Waals surface area (Å²) in [5.41, 5.74) is 0.967. The fourth-order valence-electron chi connectivity index (χ4n) is 1.82. The lowest BCUT2D eigenvalue weighted by molar-refractivity contribution is 0.0143. The van der Waals surface area contributed by atoms with Crippen LogP contribution in [0.4, 0.5) is 0 Å². The second kappa shape index (κ2) is 5.77. The number of nitrogens with zero attached hydrogens (tertiary/aromatic N) is 1. The molecule has 1 saturated heterocycles. The molecule has 1 N–H and O–H groups in total. The summed E-state index contributed by atoms with van der Waals surface area (Å²) in [4.78, 5) is 2.23. The predicted molar refractivity (Wildman–Crippen MR) is 66.4 cm³/mol. The van der Waals surface area contributed by atoms with Gasteiger partial charge in [-0.2, -0.15) is 0 Å². The Labute approximate surface area is 104 Å². The summed E-state index contributed by atoms with van der Waals surface area (Å²) < 4.78 is 6.31. The van der Waals surface area contributed by atoms with Crippen molar-refractivity contribution < 1.29 is 9.84 Å². The predicted octanol–water partition coefficient (Wildman–Crippen LogP) is 1.81. The summed E-state index contributed by atoms with van der Waals surface area (Å²) in [5, 5.41) is 10.1. The lowest BCUT2D eigenvalue weighted by atomic mass is 10.1. The van der Waals surface area contributed by atoms with Crippen molar-refractivity contribution in [1.82, 2.24) is 4.90 Å². The van der Waals surface area contributed by atoms with Crippen LogP contribution in [0.2, 0.25) is 0 Å². The molecule has 0 spiro atoms. The van der Waals surface area contributed by atoms with E-state index in [1.165, 1.54) is 0 Å². The highest BCUT2D eigenvalue weighted by molar-refractivity contribution is 9.10. The molecule has 0 aromatic heterocycles. The Morgan fingerprint density at radius 3 is 2.50 bits per heavy atom. The number of hydrogen-bond acceptors (Lipinski definition) is 3. The molecule has 0 aliphatic carbocycles. The van der Waals surface area contributed by atoms with Gasteiger partial charge in [0.25, 0.3) is 0 Å². The van der Waals surface area contributed by atoms with Crippen LogP contribution in [0, 0.1) is 0 Å². The molecule has 1 aliphatic rings. The van der Waals surface area contributed by atoms with E-state index in [0.29, 0.717) is 6.54 Å². The molecule has 1 aromatic rings. The van der Waals surface area contributed by atoms with Crippen LogP contribution < -0.4 is 0 Å². The summed E-state index contributed by atoms with van der Waals surface area (Å²) >= 11 is 3.38. The van der Waals surface area contributed by atoms with Crippen molar-refractivity contribution in [1.29, 1.82) is 0 Å². The van der Waals surface area contributed by atoms with Gasteiger partial charge >= 0.3 is 0 Å². The van der Waals surface area contributed by atoms with E-state index < -0.39 is 6.10 Å². The highest BCUT2D eigenvalue weighted by atomic mass is 79.9. The number of benzene rings is 1. The molecule has 1 atom stereocenters. The number of morpholine rings is 1. The average Bonchev–Trinajstić information content (AvgIpc) is 2.31. The quantitative estimate of drug-likeness (QED) is 0.920. The summed E-state index contributed by atoms with van der Waals surface area (Å²) in [5.74, 6) is 0. The van der Waals surface area contributed by atoms with E-state index in [0.717, 1.165) is 36.3 Å².